The Balaban J connectivity index is 2.07. The Bertz CT molecular complexity index is 617. The van der Waals surface area contributed by atoms with E-state index in [0.717, 1.165) is 12.0 Å². The normalized spacial score (nSPS) is 27.4. The molecule has 0 unspecified atom stereocenters. The van der Waals surface area contributed by atoms with E-state index in [1.165, 1.54) is 10.8 Å². The highest BCUT2D eigenvalue weighted by molar-refractivity contribution is 5.83. The van der Waals surface area contributed by atoms with Crippen LogP contribution in [0.1, 0.15) is 25.8 Å². The highest BCUT2D eigenvalue weighted by Crippen LogP contribution is 2.40. The Morgan fingerprint density at radius 3 is 2.56 bits per heavy atom. The quantitative estimate of drug-likeness (QED) is 0.711. The molecule has 2 aromatic rings. The summed E-state index contributed by atoms with van der Waals surface area (Å²) in [6, 6.07) is 14.5. The number of hydrogen-bond donors (Lipinski definition) is 0. The van der Waals surface area contributed by atoms with Crippen molar-refractivity contribution in [3.05, 3.63) is 48.0 Å². The Labute approximate surface area is 107 Å². The lowest BCUT2D eigenvalue weighted by molar-refractivity contribution is -0.149. The molecule has 1 heterocycles. The number of carbonyl (C=O) groups excluding carboxylic acids is 1. The summed E-state index contributed by atoms with van der Waals surface area (Å²) in [5.41, 5.74) is 0.611. The van der Waals surface area contributed by atoms with Crippen molar-refractivity contribution in [2.24, 2.45) is 5.92 Å². The number of hydrogen-bond acceptors (Lipinski definition) is 2. The van der Waals surface area contributed by atoms with Crippen molar-refractivity contribution in [1.82, 2.24) is 0 Å². The van der Waals surface area contributed by atoms with Gasteiger partial charge in [-0.05, 0) is 29.3 Å². The predicted molar refractivity (Wildman–Crippen MR) is 71.2 cm³/mol. The molecule has 2 heteroatoms. The predicted octanol–water partition coefficient (Wildman–Crippen LogP) is 3.64. The summed E-state index contributed by atoms with van der Waals surface area (Å²) in [6.07, 6.45) is 0.754. The van der Waals surface area contributed by atoms with Crippen molar-refractivity contribution in [2.45, 2.75) is 25.9 Å². The van der Waals surface area contributed by atoms with Crippen molar-refractivity contribution in [1.29, 1.82) is 0 Å². The lowest BCUT2D eigenvalue weighted by Crippen LogP contribution is -2.20. The molecule has 3 rings (SSSR count). The molecule has 1 aliphatic heterocycles. The van der Waals surface area contributed by atoms with Crippen LogP contribution in [0, 0.1) is 5.92 Å². The number of esters is 1. The first-order chi connectivity index (χ1) is 8.58. The fourth-order valence-electron chi connectivity index (χ4n) is 2.73. The van der Waals surface area contributed by atoms with Crippen LogP contribution in [0.5, 0.6) is 0 Å². The van der Waals surface area contributed by atoms with Crippen LogP contribution >= 0.6 is 0 Å². The first kappa shape index (κ1) is 11.3. The molecule has 18 heavy (non-hydrogen) atoms. The van der Waals surface area contributed by atoms with E-state index in [4.69, 9.17) is 4.74 Å². The second kappa shape index (κ2) is 3.84. The van der Waals surface area contributed by atoms with Gasteiger partial charge in [0.05, 0.1) is 5.92 Å². The van der Waals surface area contributed by atoms with Gasteiger partial charge in [0.25, 0.3) is 0 Å². The summed E-state index contributed by atoms with van der Waals surface area (Å²) in [6.45, 7) is 3.92. The standard InChI is InChI=1S/C16H16O2/c1-11-10-16(2,18-15(11)17)14-8-7-12-5-3-4-6-13(12)9-14/h3-9,11H,10H2,1-2H3/t11-,16-/m1/s1. The van der Waals surface area contributed by atoms with E-state index in [9.17, 15) is 4.79 Å². The number of cyclic esters (lactones) is 1. The van der Waals surface area contributed by atoms with Crippen LogP contribution < -0.4 is 0 Å². The van der Waals surface area contributed by atoms with Crippen LogP contribution in [0.15, 0.2) is 42.5 Å². The molecule has 92 valence electrons. The number of carbonyl (C=O) groups is 1. The van der Waals surface area contributed by atoms with E-state index in [1.807, 2.05) is 26.0 Å². The van der Waals surface area contributed by atoms with E-state index in [0.29, 0.717) is 0 Å². The Hall–Kier alpha value is -1.83. The van der Waals surface area contributed by atoms with Gasteiger partial charge in [0.2, 0.25) is 0 Å². The van der Waals surface area contributed by atoms with E-state index >= 15 is 0 Å². The van der Waals surface area contributed by atoms with Crippen molar-refractivity contribution >= 4 is 16.7 Å². The minimum atomic E-state index is -0.472. The third kappa shape index (κ3) is 1.69. The zero-order chi connectivity index (χ0) is 12.8. The summed E-state index contributed by atoms with van der Waals surface area (Å²) in [4.78, 5) is 11.6. The van der Waals surface area contributed by atoms with Crippen LogP contribution in [0.2, 0.25) is 0 Å². The third-order valence-corrected chi connectivity index (χ3v) is 3.78. The second-order valence-corrected chi connectivity index (χ2v) is 5.32. The van der Waals surface area contributed by atoms with Gasteiger partial charge in [0.1, 0.15) is 5.60 Å². The minimum absolute atomic E-state index is 0.0125. The van der Waals surface area contributed by atoms with Gasteiger partial charge in [-0.2, -0.15) is 0 Å². The highest BCUT2D eigenvalue weighted by Gasteiger charge is 2.42. The van der Waals surface area contributed by atoms with Crippen molar-refractivity contribution in [3.8, 4) is 0 Å². The van der Waals surface area contributed by atoms with Gasteiger partial charge in [-0.15, -0.1) is 0 Å². The molecule has 1 fully saturated rings. The summed E-state index contributed by atoms with van der Waals surface area (Å²) < 4.78 is 5.56. The first-order valence-corrected chi connectivity index (χ1v) is 6.31. The lowest BCUT2D eigenvalue weighted by Gasteiger charge is -2.23. The van der Waals surface area contributed by atoms with Gasteiger partial charge in [0, 0.05) is 6.42 Å². The third-order valence-electron chi connectivity index (χ3n) is 3.78. The molecule has 0 radical (unpaired) electrons. The molecule has 0 amide bonds. The molecule has 2 nitrogen and oxygen atoms in total. The maximum atomic E-state index is 11.6. The Morgan fingerprint density at radius 2 is 1.89 bits per heavy atom. The zero-order valence-electron chi connectivity index (χ0n) is 10.6. The van der Waals surface area contributed by atoms with Gasteiger partial charge in [-0.25, -0.2) is 0 Å². The fraction of sp³-hybridized carbons (Fsp3) is 0.312. The number of benzene rings is 2. The van der Waals surface area contributed by atoms with Crippen LogP contribution in [0.25, 0.3) is 10.8 Å². The van der Waals surface area contributed by atoms with Crippen molar-refractivity contribution in [3.63, 3.8) is 0 Å². The van der Waals surface area contributed by atoms with E-state index in [1.54, 1.807) is 0 Å². The molecule has 2 atom stereocenters. The molecule has 1 saturated heterocycles. The average molecular weight is 240 g/mol. The SMILES string of the molecule is C[C@@H]1C[C@](C)(c2ccc3ccccc3c2)OC1=O. The summed E-state index contributed by atoms with van der Waals surface area (Å²) in [5.74, 6) is -0.105. The largest absolute Gasteiger partial charge is 0.454 e. The van der Waals surface area contributed by atoms with Crippen molar-refractivity contribution in [2.75, 3.05) is 0 Å². The van der Waals surface area contributed by atoms with Crippen molar-refractivity contribution < 1.29 is 9.53 Å². The number of fused-ring (bicyclic) bond motifs is 1. The topological polar surface area (TPSA) is 26.3 Å². The van der Waals surface area contributed by atoms with E-state index in [2.05, 4.69) is 30.3 Å². The molecule has 0 aliphatic carbocycles. The van der Waals surface area contributed by atoms with Crippen LogP contribution in [0.4, 0.5) is 0 Å². The molecular formula is C16H16O2. The zero-order valence-corrected chi connectivity index (χ0v) is 10.6. The van der Waals surface area contributed by atoms with Gasteiger partial charge in [0.15, 0.2) is 0 Å². The summed E-state index contributed by atoms with van der Waals surface area (Å²) in [5, 5.41) is 2.40. The van der Waals surface area contributed by atoms with Gasteiger partial charge >= 0.3 is 5.97 Å². The van der Waals surface area contributed by atoms with Crippen LogP contribution in [-0.2, 0) is 15.1 Å². The number of ether oxygens (including phenoxy) is 1. The molecular weight excluding hydrogens is 224 g/mol. The minimum Gasteiger partial charge on any atom is -0.454 e. The van der Waals surface area contributed by atoms with Gasteiger partial charge < -0.3 is 4.74 Å². The molecule has 2 aromatic carbocycles. The molecule has 0 N–H and O–H groups in total. The van der Waals surface area contributed by atoms with Crippen LogP contribution in [-0.4, -0.2) is 5.97 Å². The lowest BCUT2D eigenvalue weighted by atomic mass is 9.88. The summed E-state index contributed by atoms with van der Waals surface area (Å²) >= 11 is 0. The summed E-state index contributed by atoms with van der Waals surface area (Å²) in [7, 11) is 0. The molecule has 0 saturated carbocycles. The fourth-order valence-corrected chi connectivity index (χ4v) is 2.73. The highest BCUT2D eigenvalue weighted by atomic mass is 16.6. The van der Waals surface area contributed by atoms with Gasteiger partial charge in [-0.1, -0.05) is 43.3 Å². The van der Waals surface area contributed by atoms with Gasteiger partial charge in [-0.3, -0.25) is 4.79 Å². The smallest absolute Gasteiger partial charge is 0.309 e. The number of rotatable bonds is 1. The Morgan fingerprint density at radius 1 is 1.17 bits per heavy atom. The maximum Gasteiger partial charge on any atom is 0.309 e. The Kier molecular flexibility index (Phi) is 2.40. The first-order valence-electron chi connectivity index (χ1n) is 6.31. The molecule has 0 bridgehead atoms. The molecule has 0 spiro atoms. The van der Waals surface area contributed by atoms with E-state index < -0.39 is 5.60 Å². The average Bonchev–Trinajstić information content (AvgIpc) is 2.64. The molecule has 0 aromatic heterocycles. The second-order valence-electron chi connectivity index (χ2n) is 5.32. The van der Waals surface area contributed by atoms with Crippen LogP contribution in [0.3, 0.4) is 0 Å². The molecule has 1 aliphatic rings. The maximum absolute atomic E-state index is 11.6. The van der Waals surface area contributed by atoms with E-state index in [-0.39, 0.29) is 11.9 Å². The monoisotopic (exact) mass is 240 g/mol.